The van der Waals surface area contributed by atoms with Crippen LogP contribution in [-0.4, -0.2) is 17.4 Å². The number of nitrogens with one attached hydrogen (secondary N) is 1. The van der Waals surface area contributed by atoms with Crippen molar-refractivity contribution in [2.24, 2.45) is 5.10 Å². The molecule has 0 bridgehead atoms. The number of benzene rings is 1. The molecule has 0 aliphatic rings. The SMILES string of the molecule is O=C/C=N/Nc1ccc([N+](=O)[O-])cc1. The number of nitro groups is 1. The summed E-state index contributed by atoms with van der Waals surface area (Å²) in [7, 11) is 0. The van der Waals surface area contributed by atoms with Crippen LogP contribution in [0, 0.1) is 10.1 Å². The molecule has 14 heavy (non-hydrogen) atoms. The zero-order valence-electron chi connectivity index (χ0n) is 7.08. The highest BCUT2D eigenvalue weighted by atomic mass is 16.6. The lowest BCUT2D eigenvalue weighted by Crippen LogP contribution is -1.91. The van der Waals surface area contributed by atoms with Crippen LogP contribution in [0.2, 0.25) is 0 Å². The molecule has 0 spiro atoms. The number of anilines is 1. The summed E-state index contributed by atoms with van der Waals surface area (Å²) < 4.78 is 0. The van der Waals surface area contributed by atoms with E-state index in [1.165, 1.54) is 24.3 Å². The van der Waals surface area contributed by atoms with Crippen molar-refractivity contribution in [1.29, 1.82) is 0 Å². The fourth-order valence-electron chi connectivity index (χ4n) is 0.800. The summed E-state index contributed by atoms with van der Waals surface area (Å²) in [5, 5.41) is 13.8. The molecule has 0 radical (unpaired) electrons. The van der Waals surface area contributed by atoms with Crippen LogP contribution in [0.1, 0.15) is 0 Å². The Balaban J connectivity index is 2.68. The van der Waals surface area contributed by atoms with Gasteiger partial charge in [0.15, 0.2) is 6.29 Å². The number of hydrazone groups is 1. The monoisotopic (exact) mass is 193 g/mol. The van der Waals surface area contributed by atoms with Crippen LogP contribution in [0.3, 0.4) is 0 Å². The molecule has 6 nitrogen and oxygen atoms in total. The van der Waals surface area contributed by atoms with Crippen molar-refractivity contribution in [3.05, 3.63) is 34.4 Å². The first-order valence-electron chi connectivity index (χ1n) is 3.71. The second-order valence-corrected chi connectivity index (χ2v) is 2.33. The lowest BCUT2D eigenvalue weighted by Gasteiger charge is -1.97. The number of aldehydes is 1. The second-order valence-electron chi connectivity index (χ2n) is 2.33. The Morgan fingerprint density at radius 2 is 2.00 bits per heavy atom. The molecule has 0 fully saturated rings. The van der Waals surface area contributed by atoms with E-state index in [1.807, 2.05) is 0 Å². The van der Waals surface area contributed by atoms with Crippen molar-refractivity contribution in [2.45, 2.75) is 0 Å². The third kappa shape index (κ3) is 2.67. The van der Waals surface area contributed by atoms with Gasteiger partial charge in [-0.2, -0.15) is 5.10 Å². The number of hydrogen-bond acceptors (Lipinski definition) is 5. The standard InChI is InChI=1S/C8H7N3O3/c12-6-5-9-10-7-1-3-8(4-2-7)11(13)14/h1-6,10H/b9-5+. The molecule has 0 heterocycles. The molecule has 1 aromatic rings. The smallest absolute Gasteiger partial charge is 0.269 e. The first-order chi connectivity index (χ1) is 6.74. The summed E-state index contributed by atoms with van der Waals surface area (Å²) in [4.78, 5) is 19.7. The maximum atomic E-state index is 10.3. The lowest BCUT2D eigenvalue weighted by atomic mass is 10.3. The fourth-order valence-corrected chi connectivity index (χ4v) is 0.800. The molecule has 1 rings (SSSR count). The number of rotatable bonds is 4. The Morgan fingerprint density at radius 3 is 2.50 bits per heavy atom. The Kier molecular flexibility index (Phi) is 3.31. The second kappa shape index (κ2) is 4.70. The van der Waals surface area contributed by atoms with E-state index in [0.717, 1.165) is 6.21 Å². The summed E-state index contributed by atoms with van der Waals surface area (Å²) in [5.74, 6) is 0. The number of hydrogen-bond donors (Lipinski definition) is 1. The molecule has 0 amide bonds. The van der Waals surface area contributed by atoms with Gasteiger partial charge in [-0.1, -0.05) is 0 Å². The molecule has 0 atom stereocenters. The molecule has 1 aromatic carbocycles. The van der Waals surface area contributed by atoms with Gasteiger partial charge in [-0.15, -0.1) is 0 Å². The molecule has 0 saturated heterocycles. The fraction of sp³-hybridized carbons (Fsp3) is 0. The molecular formula is C8H7N3O3. The number of nitro benzene ring substituents is 1. The number of carbonyl (C=O) groups is 1. The van der Waals surface area contributed by atoms with E-state index in [1.54, 1.807) is 0 Å². The maximum Gasteiger partial charge on any atom is 0.269 e. The molecule has 0 aliphatic heterocycles. The number of carbonyl (C=O) groups excluding carboxylic acids is 1. The number of nitrogens with zero attached hydrogens (tertiary/aromatic N) is 2. The van der Waals surface area contributed by atoms with Crippen LogP contribution >= 0.6 is 0 Å². The van der Waals surface area contributed by atoms with Gasteiger partial charge in [0.05, 0.1) is 16.8 Å². The molecule has 72 valence electrons. The maximum absolute atomic E-state index is 10.3. The van der Waals surface area contributed by atoms with E-state index in [2.05, 4.69) is 10.5 Å². The average molecular weight is 193 g/mol. The van der Waals surface area contributed by atoms with Crippen molar-refractivity contribution in [3.8, 4) is 0 Å². The van der Waals surface area contributed by atoms with Crippen LogP contribution in [0.5, 0.6) is 0 Å². The van der Waals surface area contributed by atoms with Gasteiger partial charge in [-0.25, -0.2) is 0 Å². The zero-order valence-corrected chi connectivity index (χ0v) is 7.08. The minimum Gasteiger partial charge on any atom is -0.297 e. The van der Waals surface area contributed by atoms with Crippen LogP contribution in [-0.2, 0) is 4.79 Å². The highest BCUT2D eigenvalue weighted by Gasteiger charge is 2.02. The van der Waals surface area contributed by atoms with E-state index in [-0.39, 0.29) is 5.69 Å². The van der Waals surface area contributed by atoms with Crippen molar-refractivity contribution in [1.82, 2.24) is 0 Å². The molecule has 0 saturated carbocycles. The third-order valence-corrected chi connectivity index (χ3v) is 1.41. The van der Waals surface area contributed by atoms with Gasteiger partial charge in [-0.3, -0.25) is 20.3 Å². The van der Waals surface area contributed by atoms with Crippen LogP contribution in [0.4, 0.5) is 11.4 Å². The Labute approximate surface area is 79.4 Å². The van der Waals surface area contributed by atoms with Crippen LogP contribution in [0.25, 0.3) is 0 Å². The van der Waals surface area contributed by atoms with Gasteiger partial charge in [-0.05, 0) is 12.1 Å². The van der Waals surface area contributed by atoms with Gasteiger partial charge in [0, 0.05) is 12.1 Å². The summed E-state index contributed by atoms with van der Waals surface area (Å²) in [5.41, 5.74) is 3.11. The highest BCUT2D eigenvalue weighted by Crippen LogP contribution is 2.14. The summed E-state index contributed by atoms with van der Waals surface area (Å²) in [6.45, 7) is 0. The normalized spacial score (nSPS) is 10.0. The summed E-state index contributed by atoms with van der Waals surface area (Å²) in [6, 6.07) is 5.69. The lowest BCUT2D eigenvalue weighted by molar-refractivity contribution is -0.384. The largest absolute Gasteiger partial charge is 0.297 e. The van der Waals surface area contributed by atoms with Gasteiger partial charge >= 0.3 is 0 Å². The van der Waals surface area contributed by atoms with E-state index in [9.17, 15) is 14.9 Å². The quantitative estimate of drug-likeness (QED) is 0.337. The zero-order chi connectivity index (χ0) is 10.4. The minimum atomic E-state index is -0.488. The van der Waals surface area contributed by atoms with Gasteiger partial charge in [0.2, 0.25) is 0 Å². The first-order valence-corrected chi connectivity index (χ1v) is 3.71. The molecule has 0 unspecified atom stereocenters. The number of non-ortho nitro benzene ring substituents is 1. The third-order valence-electron chi connectivity index (χ3n) is 1.41. The van der Waals surface area contributed by atoms with E-state index >= 15 is 0 Å². The average Bonchev–Trinajstić information content (AvgIpc) is 2.19. The van der Waals surface area contributed by atoms with E-state index in [4.69, 9.17) is 0 Å². The molecule has 0 aromatic heterocycles. The first kappa shape index (κ1) is 9.85. The van der Waals surface area contributed by atoms with Crippen molar-refractivity contribution < 1.29 is 9.72 Å². The van der Waals surface area contributed by atoms with Gasteiger partial charge in [0.1, 0.15) is 0 Å². The predicted octanol–water partition coefficient (Wildman–Crippen LogP) is 1.19. The molecule has 0 aliphatic carbocycles. The van der Waals surface area contributed by atoms with Crippen LogP contribution in [0.15, 0.2) is 29.4 Å². The highest BCUT2D eigenvalue weighted by molar-refractivity contribution is 6.13. The molecule has 1 N–H and O–H groups in total. The molecular weight excluding hydrogens is 186 g/mol. The topological polar surface area (TPSA) is 84.6 Å². The summed E-state index contributed by atoms with van der Waals surface area (Å²) >= 11 is 0. The Bertz CT molecular complexity index is 359. The Morgan fingerprint density at radius 1 is 1.36 bits per heavy atom. The predicted molar refractivity (Wildman–Crippen MR) is 51.3 cm³/mol. The van der Waals surface area contributed by atoms with Gasteiger partial charge in [0.25, 0.3) is 5.69 Å². The van der Waals surface area contributed by atoms with Crippen molar-refractivity contribution in [3.63, 3.8) is 0 Å². The minimum absolute atomic E-state index is 0.00918. The van der Waals surface area contributed by atoms with Crippen LogP contribution < -0.4 is 5.43 Å². The molecule has 6 heteroatoms. The van der Waals surface area contributed by atoms with Crippen molar-refractivity contribution >= 4 is 23.9 Å². The summed E-state index contributed by atoms with van der Waals surface area (Å²) in [6.07, 6.45) is 1.57. The van der Waals surface area contributed by atoms with Gasteiger partial charge < -0.3 is 0 Å². The van der Waals surface area contributed by atoms with E-state index < -0.39 is 4.92 Å². The Hall–Kier alpha value is -2.24. The van der Waals surface area contributed by atoms with E-state index in [0.29, 0.717) is 12.0 Å². The van der Waals surface area contributed by atoms with Crippen molar-refractivity contribution in [2.75, 3.05) is 5.43 Å².